The van der Waals surface area contributed by atoms with E-state index in [1.54, 1.807) is 0 Å². The molecule has 0 N–H and O–H groups in total. The highest BCUT2D eigenvalue weighted by Crippen LogP contribution is 2.30. The molecule has 1 atom stereocenters. The summed E-state index contributed by atoms with van der Waals surface area (Å²) in [5, 5.41) is 0. The molecule has 0 saturated heterocycles. The Labute approximate surface area is 151 Å². The van der Waals surface area contributed by atoms with Crippen molar-refractivity contribution in [2.24, 2.45) is 5.92 Å². The van der Waals surface area contributed by atoms with Gasteiger partial charge in [0.25, 0.3) is 0 Å². The first-order valence-electron chi connectivity index (χ1n) is 9.42. The molecule has 2 nitrogen and oxygen atoms in total. The van der Waals surface area contributed by atoms with E-state index in [1.165, 1.54) is 30.4 Å². The van der Waals surface area contributed by atoms with Crippen molar-refractivity contribution in [2.75, 3.05) is 0 Å². The van der Waals surface area contributed by atoms with E-state index in [1.807, 2.05) is 12.5 Å². The normalized spacial score (nSPS) is 12.4. The molecule has 3 aromatic rings. The van der Waals surface area contributed by atoms with Crippen LogP contribution < -0.4 is 0 Å². The van der Waals surface area contributed by atoms with Crippen LogP contribution in [0.25, 0.3) is 0 Å². The molecule has 0 aliphatic carbocycles. The number of aromatic nitrogens is 2. The Bertz CT molecular complexity index is 663. The van der Waals surface area contributed by atoms with Gasteiger partial charge in [0.15, 0.2) is 0 Å². The van der Waals surface area contributed by atoms with Crippen molar-refractivity contribution in [3.63, 3.8) is 0 Å². The van der Waals surface area contributed by atoms with Crippen LogP contribution in [0.15, 0.2) is 79.4 Å². The van der Waals surface area contributed by atoms with Gasteiger partial charge in [-0.15, -0.1) is 0 Å². The van der Waals surface area contributed by atoms with Crippen LogP contribution in [0, 0.1) is 5.92 Å². The first-order valence-corrected chi connectivity index (χ1v) is 9.42. The molecule has 1 aromatic heterocycles. The minimum Gasteiger partial charge on any atom is -0.334 e. The molecule has 3 rings (SSSR count). The zero-order chi connectivity index (χ0) is 17.3. The average molecular weight is 332 g/mol. The fraction of sp³-hybridized carbons (Fsp3) is 0.348. The molecule has 0 aliphatic rings. The summed E-state index contributed by atoms with van der Waals surface area (Å²) < 4.78 is 2.33. The van der Waals surface area contributed by atoms with Gasteiger partial charge in [-0.05, 0) is 36.3 Å². The van der Waals surface area contributed by atoms with Gasteiger partial charge in [0.1, 0.15) is 0 Å². The number of hydrogen-bond acceptors (Lipinski definition) is 1. The maximum Gasteiger partial charge on any atom is 0.0948 e. The summed E-state index contributed by atoms with van der Waals surface area (Å²) in [5.41, 5.74) is 2.84. The summed E-state index contributed by atoms with van der Waals surface area (Å²) >= 11 is 0. The van der Waals surface area contributed by atoms with Crippen molar-refractivity contribution in [1.29, 1.82) is 0 Å². The molecular formula is C23H28N2. The lowest BCUT2D eigenvalue weighted by atomic mass is 9.84. The van der Waals surface area contributed by atoms with Gasteiger partial charge < -0.3 is 4.57 Å². The van der Waals surface area contributed by atoms with Crippen molar-refractivity contribution in [1.82, 2.24) is 9.55 Å². The van der Waals surface area contributed by atoms with Gasteiger partial charge in [0.05, 0.1) is 6.33 Å². The van der Waals surface area contributed by atoms with Crippen molar-refractivity contribution in [3.05, 3.63) is 90.5 Å². The Morgan fingerprint density at radius 1 is 0.880 bits per heavy atom. The van der Waals surface area contributed by atoms with Gasteiger partial charge >= 0.3 is 0 Å². The first kappa shape index (κ1) is 17.5. The fourth-order valence-corrected chi connectivity index (χ4v) is 3.69. The Morgan fingerprint density at radius 2 is 1.48 bits per heavy atom. The van der Waals surface area contributed by atoms with E-state index < -0.39 is 0 Å². The first-order chi connectivity index (χ1) is 12.4. The van der Waals surface area contributed by atoms with Crippen LogP contribution in [0.2, 0.25) is 0 Å². The topological polar surface area (TPSA) is 17.8 Å². The van der Waals surface area contributed by atoms with Crippen LogP contribution in [-0.2, 0) is 12.8 Å². The molecule has 1 heterocycles. The molecule has 0 spiro atoms. The molecule has 0 fully saturated rings. The second-order valence-corrected chi connectivity index (χ2v) is 6.86. The molecule has 2 heteroatoms. The Balaban J connectivity index is 1.86. The fourth-order valence-electron chi connectivity index (χ4n) is 3.69. The SMILES string of the molecule is CCCCC(C(Cc1ccccc1)Cc1ccccc1)n1ccnc1. The van der Waals surface area contributed by atoms with Gasteiger partial charge in [0.2, 0.25) is 0 Å². The number of hydrogen-bond donors (Lipinski definition) is 0. The molecule has 25 heavy (non-hydrogen) atoms. The van der Waals surface area contributed by atoms with E-state index in [0.29, 0.717) is 12.0 Å². The van der Waals surface area contributed by atoms with Gasteiger partial charge in [-0.25, -0.2) is 4.98 Å². The van der Waals surface area contributed by atoms with E-state index in [-0.39, 0.29) is 0 Å². The summed E-state index contributed by atoms with van der Waals surface area (Å²) in [6.07, 6.45) is 11.9. The molecule has 0 saturated carbocycles. The second-order valence-electron chi connectivity index (χ2n) is 6.86. The van der Waals surface area contributed by atoms with Crippen LogP contribution in [0.3, 0.4) is 0 Å². The van der Waals surface area contributed by atoms with Gasteiger partial charge in [0, 0.05) is 18.4 Å². The monoisotopic (exact) mass is 332 g/mol. The lowest BCUT2D eigenvalue weighted by Gasteiger charge is -2.29. The van der Waals surface area contributed by atoms with E-state index >= 15 is 0 Å². The summed E-state index contributed by atoms with van der Waals surface area (Å²) in [4.78, 5) is 4.31. The maximum absolute atomic E-state index is 4.31. The summed E-state index contributed by atoms with van der Waals surface area (Å²) in [7, 11) is 0. The minimum atomic E-state index is 0.489. The Morgan fingerprint density at radius 3 is 1.96 bits per heavy atom. The largest absolute Gasteiger partial charge is 0.334 e. The van der Waals surface area contributed by atoms with Crippen LogP contribution in [-0.4, -0.2) is 9.55 Å². The molecular weight excluding hydrogens is 304 g/mol. The number of benzene rings is 2. The van der Waals surface area contributed by atoms with Gasteiger partial charge in [-0.2, -0.15) is 0 Å². The lowest BCUT2D eigenvalue weighted by Crippen LogP contribution is -2.23. The quantitative estimate of drug-likeness (QED) is 0.490. The van der Waals surface area contributed by atoms with E-state index in [2.05, 4.69) is 83.3 Å². The Kier molecular flexibility index (Phi) is 6.44. The van der Waals surface area contributed by atoms with Crippen LogP contribution >= 0.6 is 0 Å². The molecule has 2 aromatic carbocycles. The second kappa shape index (κ2) is 9.22. The van der Waals surface area contributed by atoms with E-state index in [4.69, 9.17) is 0 Å². The molecule has 0 radical (unpaired) electrons. The van der Waals surface area contributed by atoms with Crippen LogP contribution in [0.5, 0.6) is 0 Å². The highest BCUT2D eigenvalue weighted by molar-refractivity contribution is 5.19. The van der Waals surface area contributed by atoms with Crippen LogP contribution in [0.4, 0.5) is 0 Å². The smallest absolute Gasteiger partial charge is 0.0948 e. The van der Waals surface area contributed by atoms with Crippen molar-refractivity contribution in [2.45, 2.75) is 45.1 Å². The van der Waals surface area contributed by atoms with E-state index in [0.717, 1.165) is 12.8 Å². The molecule has 1 unspecified atom stereocenters. The maximum atomic E-state index is 4.31. The average Bonchev–Trinajstić information content (AvgIpc) is 3.18. The Hall–Kier alpha value is -2.35. The third-order valence-electron chi connectivity index (χ3n) is 4.99. The van der Waals surface area contributed by atoms with Crippen LogP contribution in [0.1, 0.15) is 43.4 Å². The predicted octanol–water partition coefficient (Wildman–Crippen LogP) is 5.72. The molecule has 0 aliphatic heterocycles. The third-order valence-corrected chi connectivity index (χ3v) is 4.99. The van der Waals surface area contributed by atoms with Crippen molar-refractivity contribution in [3.8, 4) is 0 Å². The number of rotatable bonds is 9. The van der Waals surface area contributed by atoms with Gasteiger partial charge in [-0.1, -0.05) is 80.4 Å². The van der Waals surface area contributed by atoms with Gasteiger partial charge in [-0.3, -0.25) is 0 Å². The van der Waals surface area contributed by atoms with Crippen molar-refractivity contribution >= 4 is 0 Å². The highest BCUT2D eigenvalue weighted by atomic mass is 15.1. The lowest BCUT2D eigenvalue weighted by molar-refractivity contribution is 0.298. The third kappa shape index (κ3) is 5.06. The minimum absolute atomic E-state index is 0.489. The summed E-state index contributed by atoms with van der Waals surface area (Å²) in [6, 6.07) is 22.3. The zero-order valence-corrected chi connectivity index (χ0v) is 15.1. The summed E-state index contributed by atoms with van der Waals surface area (Å²) in [5.74, 6) is 0.561. The number of unbranched alkanes of at least 4 members (excludes halogenated alkanes) is 1. The van der Waals surface area contributed by atoms with Crippen molar-refractivity contribution < 1.29 is 0 Å². The molecule has 0 bridgehead atoms. The molecule has 130 valence electrons. The zero-order valence-electron chi connectivity index (χ0n) is 15.1. The number of imidazole rings is 1. The number of nitrogens with zero attached hydrogens (tertiary/aromatic N) is 2. The predicted molar refractivity (Wildman–Crippen MR) is 105 cm³/mol. The standard InChI is InChI=1S/C23H28N2/c1-2-3-14-23(25-16-15-24-19-25)22(17-20-10-6-4-7-11-20)18-21-12-8-5-9-13-21/h4-13,15-16,19,22-23H,2-3,14,17-18H2,1H3. The summed E-state index contributed by atoms with van der Waals surface area (Å²) in [6.45, 7) is 2.27. The molecule has 0 amide bonds. The van der Waals surface area contributed by atoms with E-state index in [9.17, 15) is 0 Å². The highest BCUT2D eigenvalue weighted by Gasteiger charge is 2.23.